The minimum absolute atomic E-state index is 0.324. The van der Waals surface area contributed by atoms with Gasteiger partial charge in [0.2, 0.25) is 0 Å². The summed E-state index contributed by atoms with van der Waals surface area (Å²) in [5.74, 6) is 0.711. The van der Waals surface area contributed by atoms with Gasteiger partial charge in [0, 0.05) is 6.07 Å². The third-order valence-electron chi connectivity index (χ3n) is 3.29. The molecule has 2 aromatic carbocycles. The smallest absolute Gasteiger partial charge is 0.274 e. The van der Waals surface area contributed by atoms with Crippen molar-refractivity contribution in [2.75, 3.05) is 7.11 Å². The van der Waals surface area contributed by atoms with Crippen LogP contribution in [0.4, 0.5) is 0 Å². The zero-order chi connectivity index (χ0) is 15.0. The van der Waals surface area contributed by atoms with Gasteiger partial charge in [-0.2, -0.15) is 0 Å². The van der Waals surface area contributed by atoms with Crippen molar-refractivity contribution in [2.24, 2.45) is 0 Å². The highest BCUT2D eigenvalue weighted by Gasteiger charge is 2.07. The molecule has 0 bridgehead atoms. The van der Waals surface area contributed by atoms with Crippen LogP contribution in [0.5, 0.6) is 5.75 Å². The highest BCUT2D eigenvalue weighted by atomic mass is 32.1. The maximum absolute atomic E-state index is 5.73. The van der Waals surface area contributed by atoms with E-state index >= 15 is 0 Å². The molecule has 0 N–H and O–H groups in total. The third kappa shape index (κ3) is 2.50. The van der Waals surface area contributed by atoms with Crippen molar-refractivity contribution in [1.29, 1.82) is 0 Å². The number of ether oxygens (including phenoxy) is 1. The van der Waals surface area contributed by atoms with Gasteiger partial charge in [-0.3, -0.25) is 4.57 Å². The van der Waals surface area contributed by atoms with E-state index in [4.69, 9.17) is 33.6 Å². The van der Waals surface area contributed by atoms with Gasteiger partial charge in [0.15, 0.2) is 0 Å². The van der Waals surface area contributed by atoms with Gasteiger partial charge >= 0.3 is 0 Å². The first-order valence-electron chi connectivity index (χ1n) is 6.41. The van der Waals surface area contributed by atoms with Gasteiger partial charge in [-0.25, -0.2) is 0 Å². The molecule has 0 aliphatic heterocycles. The summed E-state index contributed by atoms with van der Waals surface area (Å²) in [5.41, 5.74) is 2.71. The van der Waals surface area contributed by atoms with Gasteiger partial charge in [0.05, 0.1) is 18.2 Å². The van der Waals surface area contributed by atoms with E-state index in [2.05, 4.69) is 0 Å². The van der Waals surface area contributed by atoms with Gasteiger partial charge in [-0.05, 0) is 43.4 Å². The minimum Gasteiger partial charge on any atom is -0.497 e. The summed E-state index contributed by atoms with van der Waals surface area (Å²) in [5, 5.41) is 0.833. The molecule has 106 valence electrons. The topological polar surface area (TPSA) is 27.3 Å². The van der Waals surface area contributed by atoms with Crippen molar-refractivity contribution in [3.63, 3.8) is 0 Å². The van der Waals surface area contributed by atoms with E-state index in [1.165, 1.54) is 5.56 Å². The standard InChI is InChI=1S/C16H13NO2S2/c1-10-3-5-11(6-4-10)17-15(20)13-8-7-12(18-2)9-14(13)19-16(17)21/h3-9H,1-2H3. The molecule has 0 saturated carbocycles. The maximum atomic E-state index is 5.73. The van der Waals surface area contributed by atoms with Crippen molar-refractivity contribution in [3.05, 3.63) is 57.5 Å². The summed E-state index contributed by atoms with van der Waals surface area (Å²) in [4.78, 5) is 0.324. The van der Waals surface area contributed by atoms with Gasteiger partial charge in [-0.15, -0.1) is 0 Å². The Hall–Kier alpha value is -1.98. The predicted molar refractivity (Wildman–Crippen MR) is 88.5 cm³/mol. The number of rotatable bonds is 2. The van der Waals surface area contributed by atoms with Gasteiger partial charge in [0.25, 0.3) is 4.84 Å². The van der Waals surface area contributed by atoms with Gasteiger partial charge < -0.3 is 9.15 Å². The lowest BCUT2D eigenvalue weighted by atomic mass is 10.2. The highest BCUT2D eigenvalue weighted by molar-refractivity contribution is 7.72. The number of hydrogen-bond donors (Lipinski definition) is 0. The first kappa shape index (κ1) is 14.0. The van der Waals surface area contributed by atoms with E-state index in [1.807, 2.05) is 43.3 Å². The second-order valence-electron chi connectivity index (χ2n) is 4.71. The Kier molecular flexibility index (Phi) is 3.61. The molecule has 0 amide bonds. The molecule has 1 heterocycles. The molecule has 0 atom stereocenters. The van der Waals surface area contributed by atoms with E-state index in [9.17, 15) is 0 Å². The van der Waals surface area contributed by atoms with Crippen molar-refractivity contribution in [3.8, 4) is 11.4 Å². The normalized spacial score (nSPS) is 10.8. The van der Waals surface area contributed by atoms with Gasteiger partial charge in [0.1, 0.15) is 16.0 Å². The molecule has 5 heteroatoms. The van der Waals surface area contributed by atoms with Crippen LogP contribution in [-0.4, -0.2) is 11.7 Å². The van der Waals surface area contributed by atoms with Crippen LogP contribution >= 0.6 is 24.4 Å². The molecular weight excluding hydrogens is 302 g/mol. The maximum Gasteiger partial charge on any atom is 0.274 e. The Bertz CT molecular complexity index is 924. The molecule has 0 radical (unpaired) electrons. The molecule has 0 spiro atoms. The SMILES string of the molecule is COc1ccc2c(=S)n(-c3ccc(C)cc3)c(=S)oc2c1. The zero-order valence-corrected chi connectivity index (χ0v) is 13.3. The van der Waals surface area contributed by atoms with Crippen molar-refractivity contribution in [1.82, 2.24) is 4.57 Å². The van der Waals surface area contributed by atoms with Crippen molar-refractivity contribution < 1.29 is 9.15 Å². The lowest BCUT2D eigenvalue weighted by Crippen LogP contribution is -1.99. The first-order chi connectivity index (χ1) is 10.1. The summed E-state index contributed by atoms with van der Waals surface area (Å²) in [7, 11) is 1.61. The molecule has 3 nitrogen and oxygen atoms in total. The van der Waals surface area contributed by atoms with Crippen LogP contribution in [0, 0.1) is 16.4 Å². The minimum atomic E-state index is 0.324. The molecule has 3 rings (SSSR count). The van der Waals surface area contributed by atoms with E-state index < -0.39 is 0 Å². The fourth-order valence-electron chi connectivity index (χ4n) is 2.15. The number of fused-ring (bicyclic) bond motifs is 1. The Morgan fingerprint density at radius 3 is 2.43 bits per heavy atom. The van der Waals surface area contributed by atoms with E-state index in [1.54, 1.807) is 17.7 Å². The van der Waals surface area contributed by atoms with E-state index in [0.29, 0.717) is 20.8 Å². The Morgan fingerprint density at radius 2 is 1.76 bits per heavy atom. The largest absolute Gasteiger partial charge is 0.497 e. The molecule has 0 unspecified atom stereocenters. The van der Waals surface area contributed by atoms with Gasteiger partial charge in [-0.1, -0.05) is 29.9 Å². The van der Waals surface area contributed by atoms with Crippen LogP contribution in [0.1, 0.15) is 5.56 Å². The molecule has 0 aliphatic carbocycles. The van der Waals surface area contributed by atoms with Crippen LogP contribution in [0.2, 0.25) is 0 Å². The van der Waals surface area contributed by atoms with Crippen molar-refractivity contribution in [2.45, 2.75) is 6.92 Å². The average molecular weight is 315 g/mol. The lowest BCUT2D eigenvalue weighted by Gasteiger charge is -2.09. The van der Waals surface area contributed by atoms with Crippen LogP contribution in [0.3, 0.4) is 0 Å². The summed E-state index contributed by atoms with van der Waals surface area (Å²) < 4.78 is 13.3. The molecule has 1 aromatic heterocycles. The summed E-state index contributed by atoms with van der Waals surface area (Å²) >= 11 is 10.9. The number of benzene rings is 2. The Balaban J connectivity index is 2.32. The van der Waals surface area contributed by atoms with E-state index in [0.717, 1.165) is 11.1 Å². The molecule has 21 heavy (non-hydrogen) atoms. The predicted octanol–water partition coefficient (Wildman–Crippen LogP) is 5.00. The van der Waals surface area contributed by atoms with Crippen LogP contribution in [-0.2, 0) is 0 Å². The fourth-order valence-corrected chi connectivity index (χ4v) is 2.85. The summed E-state index contributed by atoms with van der Waals surface area (Å²) in [6.45, 7) is 2.04. The highest BCUT2D eigenvalue weighted by Crippen LogP contribution is 2.24. The van der Waals surface area contributed by atoms with Crippen LogP contribution in [0.25, 0.3) is 16.7 Å². The molecule has 0 fully saturated rings. The fraction of sp³-hybridized carbons (Fsp3) is 0.125. The number of aromatic nitrogens is 1. The van der Waals surface area contributed by atoms with Crippen LogP contribution in [0.15, 0.2) is 46.9 Å². The Morgan fingerprint density at radius 1 is 1.05 bits per heavy atom. The summed E-state index contributed by atoms with van der Waals surface area (Å²) in [6.07, 6.45) is 0. The van der Waals surface area contributed by atoms with Crippen molar-refractivity contribution >= 4 is 35.4 Å². The Labute approximate surface area is 132 Å². The quantitative estimate of drug-likeness (QED) is 0.622. The monoisotopic (exact) mass is 315 g/mol. The van der Waals surface area contributed by atoms with E-state index in [-0.39, 0.29) is 0 Å². The second-order valence-corrected chi connectivity index (χ2v) is 5.44. The number of aryl methyl sites for hydroxylation is 1. The molecular formula is C16H13NO2S2. The van der Waals surface area contributed by atoms with Crippen LogP contribution < -0.4 is 4.74 Å². The second kappa shape index (κ2) is 5.42. The molecule has 0 aliphatic rings. The third-order valence-corrected chi connectivity index (χ3v) is 3.96. The number of hydrogen-bond acceptors (Lipinski definition) is 4. The number of methoxy groups -OCH3 is 1. The number of nitrogens with zero attached hydrogens (tertiary/aromatic N) is 1. The molecule has 0 saturated heterocycles. The average Bonchev–Trinajstić information content (AvgIpc) is 2.48. The lowest BCUT2D eigenvalue weighted by molar-refractivity contribution is 0.414. The summed E-state index contributed by atoms with van der Waals surface area (Å²) in [6, 6.07) is 13.5. The first-order valence-corrected chi connectivity index (χ1v) is 7.23. The zero-order valence-electron chi connectivity index (χ0n) is 11.6. The molecule has 3 aromatic rings.